The first-order valence-corrected chi connectivity index (χ1v) is 8.42. The van der Waals surface area contributed by atoms with Crippen LogP contribution in [0.2, 0.25) is 0 Å². The third-order valence-corrected chi connectivity index (χ3v) is 4.39. The molecule has 0 aliphatic heterocycles. The van der Waals surface area contributed by atoms with Crippen molar-refractivity contribution in [3.63, 3.8) is 0 Å². The Morgan fingerprint density at radius 3 is 2.07 bits per heavy atom. The van der Waals surface area contributed by atoms with Gasteiger partial charge in [-0.25, -0.2) is 0 Å². The van der Waals surface area contributed by atoms with Gasteiger partial charge in [-0.1, -0.05) is 54.6 Å². The number of amides is 1. The Bertz CT molecular complexity index is 1110. The highest BCUT2D eigenvalue weighted by atomic mass is 16.3. The molecule has 132 valence electrons. The maximum Gasteiger partial charge on any atom is 0.291 e. The number of allylic oxidation sites excluding steroid dienone is 2. The second-order valence-corrected chi connectivity index (χ2v) is 6.18. The first-order chi connectivity index (χ1) is 13.1. The molecule has 5 nitrogen and oxygen atoms in total. The topological polar surface area (TPSA) is 76.4 Å². The van der Waals surface area contributed by atoms with Crippen LogP contribution in [0.15, 0.2) is 76.8 Å². The maximum absolute atomic E-state index is 13.1. The second-order valence-electron chi connectivity index (χ2n) is 6.18. The molecule has 27 heavy (non-hydrogen) atoms. The van der Waals surface area contributed by atoms with Crippen LogP contribution in [0.3, 0.4) is 0 Å². The molecular weight excluding hydrogens is 342 g/mol. The van der Waals surface area contributed by atoms with Crippen LogP contribution in [0.5, 0.6) is 0 Å². The molecule has 2 aromatic carbocycles. The Balaban J connectivity index is 1.86. The zero-order chi connectivity index (χ0) is 19.0. The molecule has 1 aliphatic rings. The predicted octanol–water partition coefficient (Wildman–Crippen LogP) is 3.81. The normalized spacial score (nSPS) is 13.5. The summed E-state index contributed by atoms with van der Waals surface area (Å²) in [6.45, 7) is 1.72. The summed E-state index contributed by atoms with van der Waals surface area (Å²) in [5, 5.41) is 2.59. The summed E-state index contributed by atoms with van der Waals surface area (Å²) in [7, 11) is 0. The molecule has 0 atom stereocenters. The molecule has 5 heteroatoms. The highest BCUT2D eigenvalue weighted by molar-refractivity contribution is 6.41. The highest BCUT2D eigenvalue weighted by Gasteiger charge is 2.34. The molecule has 1 amide bonds. The summed E-state index contributed by atoms with van der Waals surface area (Å²) in [4.78, 5) is 38.7. The lowest BCUT2D eigenvalue weighted by Gasteiger charge is -2.21. The quantitative estimate of drug-likeness (QED) is 0.773. The minimum atomic E-state index is -0.577. The number of hydrogen-bond acceptors (Lipinski definition) is 4. The summed E-state index contributed by atoms with van der Waals surface area (Å²) in [6.07, 6.45) is 0. The molecule has 0 bridgehead atoms. The summed E-state index contributed by atoms with van der Waals surface area (Å²) in [5.41, 5.74) is 1.30. The molecule has 1 aliphatic carbocycles. The van der Waals surface area contributed by atoms with Crippen LogP contribution in [0, 0.1) is 6.92 Å². The molecule has 4 rings (SSSR count). The first kappa shape index (κ1) is 16.7. The van der Waals surface area contributed by atoms with E-state index in [0.717, 1.165) is 0 Å². The molecule has 0 saturated carbocycles. The van der Waals surface area contributed by atoms with Gasteiger partial charge in [0, 0.05) is 11.1 Å². The van der Waals surface area contributed by atoms with Crippen molar-refractivity contribution in [3.05, 3.63) is 101 Å². The molecule has 1 aromatic heterocycles. The van der Waals surface area contributed by atoms with Crippen molar-refractivity contribution in [2.24, 2.45) is 0 Å². The van der Waals surface area contributed by atoms with Crippen LogP contribution in [0.1, 0.15) is 42.6 Å². The number of furan rings is 1. The number of aryl methyl sites for hydroxylation is 1. The van der Waals surface area contributed by atoms with E-state index in [-0.39, 0.29) is 28.4 Å². The van der Waals surface area contributed by atoms with Crippen LogP contribution >= 0.6 is 0 Å². The van der Waals surface area contributed by atoms with Crippen LogP contribution in [-0.4, -0.2) is 17.5 Å². The number of benzene rings is 2. The number of hydrogen-bond donors (Lipinski definition) is 1. The third-order valence-electron chi connectivity index (χ3n) is 4.39. The molecule has 0 unspecified atom stereocenters. The average molecular weight is 357 g/mol. The number of fused-ring (bicyclic) bond motifs is 1. The molecule has 1 heterocycles. The fraction of sp³-hybridized carbons (Fsp3) is 0.0455. The Hall–Kier alpha value is -3.73. The Morgan fingerprint density at radius 2 is 1.44 bits per heavy atom. The van der Waals surface area contributed by atoms with Gasteiger partial charge in [-0.15, -0.1) is 0 Å². The number of carbonyl (C=O) groups excluding carboxylic acids is 3. The fourth-order valence-corrected chi connectivity index (χ4v) is 3.11. The van der Waals surface area contributed by atoms with Gasteiger partial charge >= 0.3 is 0 Å². The highest BCUT2D eigenvalue weighted by Crippen LogP contribution is 2.31. The molecule has 0 radical (unpaired) electrons. The van der Waals surface area contributed by atoms with Gasteiger partial charge < -0.3 is 9.73 Å². The zero-order valence-corrected chi connectivity index (χ0v) is 14.5. The van der Waals surface area contributed by atoms with Crippen molar-refractivity contribution < 1.29 is 18.8 Å². The third kappa shape index (κ3) is 2.89. The standard InChI is InChI=1S/C22H15NO4/c1-13-11-12-17(27-13)22(26)23-19-18(14-7-3-2-4-8-14)20(24)15-9-5-6-10-16(15)21(19)25/h2-12H,1H3,(H,23,26). The lowest BCUT2D eigenvalue weighted by Crippen LogP contribution is -2.33. The van der Waals surface area contributed by atoms with E-state index < -0.39 is 11.7 Å². The van der Waals surface area contributed by atoms with Crippen molar-refractivity contribution >= 4 is 23.0 Å². The molecule has 0 saturated heterocycles. The lowest BCUT2D eigenvalue weighted by molar-refractivity contribution is 0.0907. The zero-order valence-electron chi connectivity index (χ0n) is 14.5. The predicted molar refractivity (Wildman–Crippen MR) is 99.4 cm³/mol. The van der Waals surface area contributed by atoms with Crippen LogP contribution in [0.4, 0.5) is 0 Å². The van der Waals surface area contributed by atoms with E-state index >= 15 is 0 Å². The fourth-order valence-electron chi connectivity index (χ4n) is 3.11. The monoisotopic (exact) mass is 357 g/mol. The van der Waals surface area contributed by atoms with Gasteiger partial charge in [0.25, 0.3) is 5.91 Å². The molecule has 1 N–H and O–H groups in total. The second kappa shape index (κ2) is 6.53. The Labute approximate surface area is 155 Å². The maximum atomic E-state index is 13.1. The van der Waals surface area contributed by atoms with Gasteiger partial charge in [0.1, 0.15) is 11.5 Å². The van der Waals surface area contributed by atoms with E-state index in [2.05, 4.69) is 5.32 Å². The number of ketones is 2. The number of Topliss-reactive ketones (excluding diaryl/α,β-unsaturated/α-hetero) is 2. The van der Waals surface area contributed by atoms with Crippen molar-refractivity contribution in [2.45, 2.75) is 6.92 Å². The summed E-state index contributed by atoms with van der Waals surface area (Å²) >= 11 is 0. The van der Waals surface area contributed by atoms with E-state index in [1.807, 2.05) is 6.07 Å². The molecule has 0 fully saturated rings. The van der Waals surface area contributed by atoms with Gasteiger partial charge in [0.05, 0.1) is 5.57 Å². The summed E-state index contributed by atoms with van der Waals surface area (Å²) < 4.78 is 5.33. The van der Waals surface area contributed by atoms with E-state index in [0.29, 0.717) is 16.9 Å². The van der Waals surface area contributed by atoms with Gasteiger partial charge in [-0.2, -0.15) is 0 Å². The van der Waals surface area contributed by atoms with E-state index in [4.69, 9.17) is 4.42 Å². The SMILES string of the molecule is Cc1ccc(C(=O)NC2=C(c3ccccc3)C(=O)c3ccccc3C2=O)o1. The molecule has 0 spiro atoms. The summed E-state index contributed by atoms with van der Waals surface area (Å²) in [6, 6.07) is 18.6. The smallest absolute Gasteiger partial charge is 0.291 e. The van der Waals surface area contributed by atoms with Crippen LogP contribution in [-0.2, 0) is 0 Å². The van der Waals surface area contributed by atoms with Gasteiger partial charge in [0.2, 0.25) is 5.78 Å². The Kier molecular flexibility index (Phi) is 4.05. The van der Waals surface area contributed by atoms with Gasteiger partial charge in [-0.05, 0) is 24.6 Å². The molecule has 3 aromatic rings. The number of nitrogens with one attached hydrogen (secondary N) is 1. The van der Waals surface area contributed by atoms with E-state index in [1.54, 1.807) is 61.5 Å². The van der Waals surface area contributed by atoms with Crippen molar-refractivity contribution in [1.29, 1.82) is 0 Å². The summed E-state index contributed by atoms with van der Waals surface area (Å²) in [5.74, 6) is -0.629. The largest absolute Gasteiger partial charge is 0.456 e. The number of carbonyl (C=O) groups is 3. The number of rotatable bonds is 3. The minimum Gasteiger partial charge on any atom is -0.456 e. The van der Waals surface area contributed by atoms with Crippen molar-refractivity contribution in [3.8, 4) is 0 Å². The van der Waals surface area contributed by atoms with E-state index in [9.17, 15) is 14.4 Å². The van der Waals surface area contributed by atoms with E-state index in [1.165, 1.54) is 6.07 Å². The molecular formula is C22H15NO4. The Morgan fingerprint density at radius 1 is 0.815 bits per heavy atom. The minimum absolute atomic E-state index is 0.0380. The average Bonchev–Trinajstić information content (AvgIpc) is 3.13. The van der Waals surface area contributed by atoms with Crippen molar-refractivity contribution in [1.82, 2.24) is 5.32 Å². The van der Waals surface area contributed by atoms with Crippen LogP contribution < -0.4 is 5.32 Å². The van der Waals surface area contributed by atoms with Gasteiger partial charge in [0.15, 0.2) is 11.5 Å². The van der Waals surface area contributed by atoms with Crippen molar-refractivity contribution in [2.75, 3.05) is 0 Å². The lowest BCUT2D eigenvalue weighted by atomic mass is 9.84. The van der Waals surface area contributed by atoms with Crippen LogP contribution in [0.25, 0.3) is 5.57 Å². The van der Waals surface area contributed by atoms with Gasteiger partial charge in [-0.3, -0.25) is 14.4 Å². The first-order valence-electron chi connectivity index (χ1n) is 8.42.